The molecule has 0 fully saturated rings. The Morgan fingerprint density at radius 1 is 1.41 bits per heavy atom. The van der Waals surface area contributed by atoms with Crippen molar-refractivity contribution < 1.29 is 9.53 Å². The SMILES string of the molecule is Cc1cc(OCCCC(=O)NN)cc(C)c1Cl. The van der Waals surface area contributed by atoms with E-state index in [1.807, 2.05) is 26.0 Å². The Morgan fingerprint density at radius 2 is 2.00 bits per heavy atom. The first kappa shape index (κ1) is 13.8. The average molecular weight is 257 g/mol. The molecule has 94 valence electrons. The van der Waals surface area contributed by atoms with Gasteiger partial charge in [-0.05, 0) is 43.5 Å². The molecular formula is C12H17ClN2O2. The fourth-order valence-corrected chi connectivity index (χ4v) is 1.59. The van der Waals surface area contributed by atoms with Crippen molar-refractivity contribution in [3.63, 3.8) is 0 Å². The third-order valence-electron chi connectivity index (χ3n) is 2.39. The number of carbonyl (C=O) groups excluding carboxylic acids is 1. The van der Waals surface area contributed by atoms with Crippen molar-refractivity contribution >= 4 is 17.5 Å². The first-order valence-corrected chi connectivity index (χ1v) is 5.81. The Kier molecular flexibility index (Phi) is 5.25. The van der Waals surface area contributed by atoms with E-state index in [-0.39, 0.29) is 5.91 Å². The Balaban J connectivity index is 2.45. The minimum absolute atomic E-state index is 0.183. The van der Waals surface area contributed by atoms with Gasteiger partial charge in [0.15, 0.2) is 0 Å². The summed E-state index contributed by atoms with van der Waals surface area (Å²) in [6.45, 7) is 4.35. The summed E-state index contributed by atoms with van der Waals surface area (Å²) in [6, 6.07) is 3.77. The molecule has 0 spiro atoms. The van der Waals surface area contributed by atoms with E-state index in [4.69, 9.17) is 22.2 Å². The van der Waals surface area contributed by atoms with Gasteiger partial charge in [-0.15, -0.1) is 0 Å². The van der Waals surface area contributed by atoms with Gasteiger partial charge in [-0.2, -0.15) is 0 Å². The van der Waals surface area contributed by atoms with Crippen LogP contribution in [0.3, 0.4) is 0 Å². The Hall–Kier alpha value is -1.26. The van der Waals surface area contributed by atoms with Crippen molar-refractivity contribution in [2.24, 2.45) is 5.84 Å². The van der Waals surface area contributed by atoms with Crippen LogP contribution < -0.4 is 16.0 Å². The molecule has 1 amide bonds. The average Bonchev–Trinajstić information content (AvgIpc) is 2.31. The number of nitrogens with two attached hydrogens (primary N) is 1. The Morgan fingerprint density at radius 3 is 2.53 bits per heavy atom. The van der Waals surface area contributed by atoms with E-state index >= 15 is 0 Å². The first-order chi connectivity index (χ1) is 8.04. The molecule has 17 heavy (non-hydrogen) atoms. The molecule has 3 N–H and O–H groups in total. The molecule has 5 heteroatoms. The van der Waals surface area contributed by atoms with Crippen LogP contribution in [-0.2, 0) is 4.79 Å². The lowest BCUT2D eigenvalue weighted by atomic mass is 10.1. The number of rotatable bonds is 5. The molecule has 0 saturated carbocycles. The van der Waals surface area contributed by atoms with Gasteiger partial charge in [-0.3, -0.25) is 10.2 Å². The molecule has 1 rings (SSSR count). The lowest BCUT2D eigenvalue weighted by Gasteiger charge is -2.09. The molecule has 0 unspecified atom stereocenters. The molecule has 0 atom stereocenters. The quantitative estimate of drug-likeness (QED) is 0.367. The summed E-state index contributed by atoms with van der Waals surface area (Å²) in [5, 5.41) is 0.764. The van der Waals surface area contributed by atoms with Crippen LogP contribution in [0.1, 0.15) is 24.0 Å². The molecule has 0 aliphatic heterocycles. The lowest BCUT2D eigenvalue weighted by molar-refractivity contribution is -0.121. The van der Waals surface area contributed by atoms with Gasteiger partial charge < -0.3 is 4.74 Å². The van der Waals surface area contributed by atoms with Gasteiger partial charge in [0.2, 0.25) is 5.91 Å². The molecule has 0 radical (unpaired) electrons. The Bertz CT molecular complexity index is 384. The number of benzene rings is 1. The van der Waals surface area contributed by atoms with Crippen molar-refractivity contribution in [2.45, 2.75) is 26.7 Å². The highest BCUT2D eigenvalue weighted by molar-refractivity contribution is 6.32. The van der Waals surface area contributed by atoms with E-state index < -0.39 is 0 Å². The highest BCUT2D eigenvalue weighted by atomic mass is 35.5. The molecule has 0 bridgehead atoms. The van der Waals surface area contributed by atoms with Crippen molar-refractivity contribution in [1.29, 1.82) is 0 Å². The van der Waals surface area contributed by atoms with Crippen molar-refractivity contribution in [1.82, 2.24) is 5.43 Å². The third-order valence-corrected chi connectivity index (χ3v) is 2.98. The molecule has 0 heterocycles. The number of hydrogen-bond donors (Lipinski definition) is 2. The van der Waals surface area contributed by atoms with E-state index in [0.29, 0.717) is 19.4 Å². The number of ether oxygens (including phenoxy) is 1. The first-order valence-electron chi connectivity index (χ1n) is 5.43. The van der Waals surface area contributed by atoms with Crippen LogP contribution in [0.5, 0.6) is 5.75 Å². The molecule has 1 aromatic rings. The van der Waals surface area contributed by atoms with Gasteiger partial charge in [0.1, 0.15) is 5.75 Å². The third kappa shape index (κ3) is 4.24. The van der Waals surface area contributed by atoms with Gasteiger partial charge in [-0.1, -0.05) is 11.6 Å². The van der Waals surface area contributed by atoms with Gasteiger partial charge >= 0.3 is 0 Å². The van der Waals surface area contributed by atoms with E-state index in [9.17, 15) is 4.79 Å². The zero-order chi connectivity index (χ0) is 12.8. The smallest absolute Gasteiger partial charge is 0.234 e. The van der Waals surface area contributed by atoms with Crippen LogP contribution in [-0.4, -0.2) is 12.5 Å². The standard InChI is InChI=1S/C12H17ClN2O2/c1-8-6-10(7-9(2)12(8)13)17-5-3-4-11(16)15-14/h6-7H,3-5,14H2,1-2H3,(H,15,16). The summed E-state index contributed by atoms with van der Waals surface area (Å²) in [5.74, 6) is 5.56. The topological polar surface area (TPSA) is 64.3 Å². The monoisotopic (exact) mass is 256 g/mol. The maximum atomic E-state index is 10.9. The van der Waals surface area contributed by atoms with Crippen LogP contribution in [0.4, 0.5) is 0 Å². The summed E-state index contributed by atoms with van der Waals surface area (Å²) in [4.78, 5) is 10.9. The molecule has 0 saturated heterocycles. The minimum Gasteiger partial charge on any atom is -0.494 e. The number of hydrazine groups is 1. The predicted molar refractivity (Wildman–Crippen MR) is 68.0 cm³/mol. The second-order valence-electron chi connectivity index (χ2n) is 3.89. The molecule has 0 aromatic heterocycles. The molecular weight excluding hydrogens is 240 g/mol. The molecule has 0 aliphatic rings. The van der Waals surface area contributed by atoms with Crippen LogP contribution in [0, 0.1) is 13.8 Å². The second kappa shape index (κ2) is 6.47. The number of hydrogen-bond acceptors (Lipinski definition) is 3. The summed E-state index contributed by atoms with van der Waals surface area (Å²) in [5.41, 5.74) is 4.05. The summed E-state index contributed by atoms with van der Waals surface area (Å²) >= 11 is 6.05. The van der Waals surface area contributed by atoms with Crippen LogP contribution in [0.2, 0.25) is 5.02 Å². The summed E-state index contributed by atoms with van der Waals surface area (Å²) in [6.07, 6.45) is 0.992. The van der Waals surface area contributed by atoms with Gasteiger partial charge in [0.25, 0.3) is 0 Å². The molecule has 1 aromatic carbocycles. The van der Waals surface area contributed by atoms with E-state index in [1.54, 1.807) is 0 Å². The largest absolute Gasteiger partial charge is 0.494 e. The number of nitrogens with one attached hydrogen (secondary N) is 1. The lowest BCUT2D eigenvalue weighted by Crippen LogP contribution is -2.29. The minimum atomic E-state index is -0.183. The normalized spacial score (nSPS) is 10.1. The van der Waals surface area contributed by atoms with E-state index in [0.717, 1.165) is 21.9 Å². The number of amides is 1. The van der Waals surface area contributed by atoms with E-state index in [1.165, 1.54) is 0 Å². The maximum Gasteiger partial charge on any atom is 0.234 e. The van der Waals surface area contributed by atoms with Crippen molar-refractivity contribution in [3.8, 4) is 5.75 Å². The number of halogens is 1. The predicted octanol–water partition coefficient (Wildman–Crippen LogP) is 2.11. The van der Waals surface area contributed by atoms with Crippen molar-refractivity contribution in [3.05, 3.63) is 28.3 Å². The Labute approximate surface area is 106 Å². The highest BCUT2D eigenvalue weighted by Gasteiger charge is 2.04. The fourth-order valence-electron chi connectivity index (χ4n) is 1.48. The van der Waals surface area contributed by atoms with Gasteiger partial charge in [0, 0.05) is 11.4 Å². The second-order valence-corrected chi connectivity index (χ2v) is 4.27. The zero-order valence-electron chi connectivity index (χ0n) is 10.0. The summed E-state index contributed by atoms with van der Waals surface area (Å²) < 4.78 is 5.54. The highest BCUT2D eigenvalue weighted by Crippen LogP contribution is 2.25. The van der Waals surface area contributed by atoms with E-state index in [2.05, 4.69) is 5.43 Å². The van der Waals surface area contributed by atoms with Crippen LogP contribution in [0.25, 0.3) is 0 Å². The maximum absolute atomic E-state index is 10.9. The van der Waals surface area contributed by atoms with Crippen molar-refractivity contribution in [2.75, 3.05) is 6.61 Å². The van der Waals surface area contributed by atoms with Gasteiger partial charge in [-0.25, -0.2) is 5.84 Å². The molecule has 0 aliphatic carbocycles. The van der Waals surface area contributed by atoms with Crippen LogP contribution >= 0.6 is 11.6 Å². The van der Waals surface area contributed by atoms with Gasteiger partial charge in [0.05, 0.1) is 6.61 Å². The molecule has 4 nitrogen and oxygen atoms in total. The summed E-state index contributed by atoms with van der Waals surface area (Å²) in [7, 11) is 0. The van der Waals surface area contributed by atoms with Crippen LogP contribution in [0.15, 0.2) is 12.1 Å². The zero-order valence-corrected chi connectivity index (χ0v) is 10.8. The number of carbonyl (C=O) groups is 1. The number of aryl methyl sites for hydroxylation is 2. The fraction of sp³-hybridized carbons (Fsp3) is 0.417.